The van der Waals surface area contributed by atoms with Crippen molar-refractivity contribution >= 4 is 27.5 Å². The number of hydrogen-bond donors (Lipinski definition) is 0. The molecule has 0 bridgehead atoms. The lowest BCUT2D eigenvalue weighted by molar-refractivity contribution is -0.137. The van der Waals surface area contributed by atoms with Crippen LogP contribution in [0.15, 0.2) is 59.8 Å². The van der Waals surface area contributed by atoms with Crippen LogP contribution in [-0.4, -0.2) is 52.2 Å². The fraction of sp³-hybridized carbons (Fsp3) is 0.320. The van der Waals surface area contributed by atoms with Crippen molar-refractivity contribution in [2.75, 3.05) is 37.6 Å². The Morgan fingerprint density at radius 2 is 1.74 bits per heavy atom. The van der Waals surface area contributed by atoms with Gasteiger partial charge in [-0.3, -0.25) is 19.2 Å². The standard InChI is InChI=1S/C25H24F3N5O/c1-17-5-6-22-20(13-17)23-21(15-29-22)24(34)33(16-30-23)12-9-31-7-10-32(11-8-31)19-4-2-3-18(14-19)25(26,27)28/h2-6,13-16H,7-12H2,1H3. The van der Waals surface area contributed by atoms with Crippen molar-refractivity contribution in [3.63, 3.8) is 0 Å². The van der Waals surface area contributed by atoms with Gasteiger partial charge in [0, 0.05) is 56.5 Å². The Morgan fingerprint density at radius 3 is 2.50 bits per heavy atom. The van der Waals surface area contributed by atoms with E-state index < -0.39 is 11.7 Å². The number of fused-ring (bicyclic) bond motifs is 3. The van der Waals surface area contributed by atoms with Gasteiger partial charge in [0.05, 0.1) is 28.3 Å². The number of benzene rings is 2. The molecule has 1 aliphatic rings. The predicted octanol–water partition coefficient (Wildman–Crippen LogP) is 4.09. The molecule has 34 heavy (non-hydrogen) atoms. The number of rotatable bonds is 4. The molecule has 1 aliphatic heterocycles. The van der Waals surface area contributed by atoms with Crippen LogP contribution in [0, 0.1) is 6.92 Å². The van der Waals surface area contributed by atoms with Crippen molar-refractivity contribution < 1.29 is 13.2 Å². The summed E-state index contributed by atoms with van der Waals surface area (Å²) in [7, 11) is 0. The van der Waals surface area contributed by atoms with E-state index in [0.717, 1.165) is 22.5 Å². The van der Waals surface area contributed by atoms with Crippen LogP contribution < -0.4 is 10.5 Å². The first kappa shape index (κ1) is 22.3. The zero-order valence-corrected chi connectivity index (χ0v) is 18.7. The molecule has 0 N–H and O–H groups in total. The summed E-state index contributed by atoms with van der Waals surface area (Å²) >= 11 is 0. The Labute approximate surface area is 194 Å². The second kappa shape index (κ2) is 8.72. The molecule has 5 rings (SSSR count). The number of piperazine rings is 1. The summed E-state index contributed by atoms with van der Waals surface area (Å²) in [6.07, 6.45) is -1.17. The molecule has 0 saturated carbocycles. The molecular formula is C25H24F3N5O. The number of nitrogens with zero attached hydrogens (tertiary/aromatic N) is 5. The predicted molar refractivity (Wildman–Crippen MR) is 126 cm³/mol. The first-order valence-corrected chi connectivity index (χ1v) is 11.2. The van der Waals surface area contributed by atoms with Crippen molar-refractivity contribution in [3.8, 4) is 0 Å². The van der Waals surface area contributed by atoms with Crippen LogP contribution in [0.1, 0.15) is 11.1 Å². The van der Waals surface area contributed by atoms with Gasteiger partial charge in [0.15, 0.2) is 0 Å². The second-order valence-electron chi connectivity index (χ2n) is 8.66. The van der Waals surface area contributed by atoms with E-state index in [1.165, 1.54) is 12.1 Å². The van der Waals surface area contributed by atoms with Crippen molar-refractivity contribution in [1.82, 2.24) is 19.4 Å². The number of halogens is 3. The van der Waals surface area contributed by atoms with Crippen LogP contribution in [-0.2, 0) is 12.7 Å². The first-order valence-electron chi connectivity index (χ1n) is 11.2. The third-order valence-electron chi connectivity index (χ3n) is 6.38. The van der Waals surface area contributed by atoms with Crippen LogP contribution in [0.5, 0.6) is 0 Å². The highest BCUT2D eigenvalue weighted by molar-refractivity contribution is 6.02. The van der Waals surface area contributed by atoms with E-state index >= 15 is 0 Å². The van der Waals surface area contributed by atoms with Gasteiger partial charge in [-0.1, -0.05) is 17.7 Å². The third-order valence-corrected chi connectivity index (χ3v) is 6.38. The van der Waals surface area contributed by atoms with Gasteiger partial charge < -0.3 is 4.90 Å². The average Bonchev–Trinajstić information content (AvgIpc) is 2.83. The van der Waals surface area contributed by atoms with Gasteiger partial charge in [0.2, 0.25) is 0 Å². The molecule has 0 unspecified atom stereocenters. The highest BCUT2D eigenvalue weighted by Gasteiger charge is 2.31. The maximum Gasteiger partial charge on any atom is 0.416 e. The summed E-state index contributed by atoms with van der Waals surface area (Å²) in [5, 5.41) is 1.36. The lowest BCUT2D eigenvalue weighted by Crippen LogP contribution is -2.47. The van der Waals surface area contributed by atoms with Crippen LogP contribution in [0.3, 0.4) is 0 Å². The Bertz CT molecular complexity index is 1410. The van der Waals surface area contributed by atoms with E-state index in [1.54, 1.807) is 23.2 Å². The van der Waals surface area contributed by atoms with Gasteiger partial charge in [0.1, 0.15) is 0 Å². The zero-order chi connectivity index (χ0) is 23.9. The van der Waals surface area contributed by atoms with Crippen molar-refractivity contribution in [3.05, 3.63) is 76.5 Å². The van der Waals surface area contributed by atoms with Crippen molar-refractivity contribution in [2.45, 2.75) is 19.6 Å². The van der Waals surface area contributed by atoms with Crippen molar-refractivity contribution in [2.24, 2.45) is 0 Å². The molecule has 0 spiro atoms. The van der Waals surface area contributed by atoms with E-state index in [9.17, 15) is 18.0 Å². The molecule has 0 atom stereocenters. The summed E-state index contributed by atoms with van der Waals surface area (Å²) < 4.78 is 40.7. The van der Waals surface area contributed by atoms with Gasteiger partial charge in [-0.05, 0) is 37.3 Å². The number of pyridine rings is 1. The highest BCUT2D eigenvalue weighted by atomic mass is 19.4. The minimum absolute atomic E-state index is 0.122. The number of aromatic nitrogens is 3. The molecule has 0 amide bonds. The summed E-state index contributed by atoms with van der Waals surface area (Å²) in [5.41, 5.74) is 2.37. The Hall–Kier alpha value is -3.46. The molecule has 4 aromatic rings. The molecule has 176 valence electrons. The Morgan fingerprint density at radius 1 is 0.941 bits per heavy atom. The minimum atomic E-state index is -4.35. The van der Waals surface area contributed by atoms with Gasteiger partial charge in [0.25, 0.3) is 5.56 Å². The molecular weight excluding hydrogens is 443 g/mol. The molecule has 0 radical (unpaired) electrons. The zero-order valence-electron chi connectivity index (χ0n) is 18.7. The molecule has 9 heteroatoms. The van der Waals surface area contributed by atoms with Crippen LogP contribution >= 0.6 is 0 Å². The average molecular weight is 467 g/mol. The molecule has 1 saturated heterocycles. The smallest absolute Gasteiger partial charge is 0.369 e. The topological polar surface area (TPSA) is 54.3 Å². The molecule has 1 fully saturated rings. The summed E-state index contributed by atoms with van der Waals surface area (Å²) in [6, 6.07) is 11.4. The van der Waals surface area contributed by atoms with E-state index in [0.29, 0.717) is 55.9 Å². The quantitative estimate of drug-likeness (QED) is 0.423. The van der Waals surface area contributed by atoms with E-state index in [2.05, 4.69) is 14.9 Å². The summed E-state index contributed by atoms with van der Waals surface area (Å²) in [5.74, 6) is 0. The number of aryl methyl sites for hydroxylation is 1. The van der Waals surface area contributed by atoms with Crippen molar-refractivity contribution in [1.29, 1.82) is 0 Å². The van der Waals surface area contributed by atoms with Gasteiger partial charge in [-0.15, -0.1) is 0 Å². The van der Waals surface area contributed by atoms with E-state index in [1.807, 2.05) is 30.0 Å². The minimum Gasteiger partial charge on any atom is -0.369 e. The third kappa shape index (κ3) is 4.35. The lowest BCUT2D eigenvalue weighted by Gasteiger charge is -2.36. The second-order valence-corrected chi connectivity index (χ2v) is 8.66. The lowest BCUT2D eigenvalue weighted by atomic mass is 10.1. The Kier molecular flexibility index (Phi) is 5.73. The fourth-order valence-electron chi connectivity index (χ4n) is 4.44. The first-order chi connectivity index (χ1) is 16.3. The maximum absolute atomic E-state index is 13.0. The van der Waals surface area contributed by atoms with E-state index in [-0.39, 0.29) is 5.56 Å². The summed E-state index contributed by atoms with van der Waals surface area (Å²) in [4.78, 5) is 26.2. The van der Waals surface area contributed by atoms with Gasteiger partial charge in [-0.25, -0.2) is 4.98 Å². The van der Waals surface area contributed by atoms with Gasteiger partial charge in [-0.2, -0.15) is 13.2 Å². The molecule has 2 aromatic carbocycles. The Balaban J connectivity index is 1.26. The SMILES string of the molecule is Cc1ccc2ncc3c(=O)n(CCN4CCN(c5cccc(C(F)(F)F)c5)CC4)cnc3c2c1. The largest absolute Gasteiger partial charge is 0.416 e. The normalized spacial score (nSPS) is 15.4. The summed E-state index contributed by atoms with van der Waals surface area (Å²) in [6.45, 7) is 5.80. The van der Waals surface area contributed by atoms with Crippen LogP contribution in [0.2, 0.25) is 0 Å². The number of alkyl halides is 3. The molecule has 2 aromatic heterocycles. The fourth-order valence-corrected chi connectivity index (χ4v) is 4.44. The van der Waals surface area contributed by atoms with Gasteiger partial charge >= 0.3 is 6.18 Å². The molecule has 0 aliphatic carbocycles. The van der Waals surface area contributed by atoms with E-state index in [4.69, 9.17) is 0 Å². The monoisotopic (exact) mass is 467 g/mol. The van der Waals surface area contributed by atoms with Crippen LogP contribution in [0.25, 0.3) is 21.8 Å². The number of hydrogen-bond acceptors (Lipinski definition) is 5. The molecule has 6 nitrogen and oxygen atoms in total. The molecule has 3 heterocycles. The highest BCUT2D eigenvalue weighted by Crippen LogP contribution is 2.32. The number of anilines is 1. The van der Waals surface area contributed by atoms with Crippen LogP contribution in [0.4, 0.5) is 18.9 Å². The maximum atomic E-state index is 13.0.